The molecule has 1 aliphatic carbocycles. The molecule has 0 atom stereocenters. The average molecular weight is 289 g/mol. The minimum absolute atomic E-state index is 0.00392. The lowest BCUT2D eigenvalue weighted by molar-refractivity contribution is 0.442. The van der Waals surface area contributed by atoms with E-state index in [9.17, 15) is 4.79 Å². The van der Waals surface area contributed by atoms with Crippen LogP contribution in [0, 0.1) is 0 Å². The zero-order chi connectivity index (χ0) is 14.7. The molecule has 3 rings (SSSR count). The second-order valence-electron chi connectivity index (χ2n) is 5.89. The Kier molecular flexibility index (Phi) is 4.34. The fourth-order valence-corrected chi connectivity index (χ4v) is 3.10. The van der Waals surface area contributed by atoms with E-state index in [1.54, 1.807) is 28.8 Å². The molecule has 0 spiro atoms. The molecule has 0 unspecified atom stereocenters. The van der Waals surface area contributed by atoms with Gasteiger partial charge in [-0.2, -0.15) is 5.10 Å². The lowest BCUT2D eigenvalue weighted by Gasteiger charge is -2.16. The molecule has 0 radical (unpaired) electrons. The highest BCUT2D eigenvalue weighted by Crippen LogP contribution is 2.16. The number of fused-ring (bicyclic) bond motifs is 1. The van der Waals surface area contributed by atoms with Gasteiger partial charge < -0.3 is 5.32 Å². The highest BCUT2D eigenvalue weighted by Gasteiger charge is 2.12. The Morgan fingerprint density at radius 3 is 2.81 bits per heavy atom. The Labute approximate surface area is 124 Å². The van der Waals surface area contributed by atoms with Crippen molar-refractivity contribution in [2.75, 3.05) is 6.54 Å². The van der Waals surface area contributed by atoms with Crippen LogP contribution in [-0.2, 0) is 13.6 Å². The monoisotopic (exact) mass is 289 g/mol. The Bertz CT molecular complexity index is 652. The number of aryl methyl sites for hydroxylation is 1. The summed E-state index contributed by atoms with van der Waals surface area (Å²) >= 11 is 0. The van der Waals surface area contributed by atoms with Crippen LogP contribution in [0.25, 0.3) is 11.0 Å². The molecular weight excluding hydrogens is 266 g/mol. The van der Waals surface area contributed by atoms with Crippen molar-refractivity contribution >= 4 is 11.0 Å². The fourth-order valence-electron chi connectivity index (χ4n) is 3.10. The average Bonchev–Trinajstić information content (AvgIpc) is 2.71. The van der Waals surface area contributed by atoms with Crippen molar-refractivity contribution in [1.29, 1.82) is 0 Å². The molecule has 2 aromatic heterocycles. The highest BCUT2D eigenvalue weighted by atomic mass is 16.1. The molecule has 6 nitrogen and oxygen atoms in total. The van der Waals surface area contributed by atoms with Crippen LogP contribution < -0.4 is 10.9 Å². The van der Waals surface area contributed by atoms with Crippen molar-refractivity contribution in [1.82, 2.24) is 24.6 Å². The van der Waals surface area contributed by atoms with Gasteiger partial charge in [0.15, 0.2) is 5.65 Å². The van der Waals surface area contributed by atoms with Gasteiger partial charge in [0.2, 0.25) is 0 Å². The molecule has 1 aliphatic rings. The number of hydrogen-bond acceptors (Lipinski definition) is 4. The van der Waals surface area contributed by atoms with E-state index in [0.29, 0.717) is 23.6 Å². The van der Waals surface area contributed by atoms with Crippen molar-refractivity contribution in [3.05, 3.63) is 22.9 Å². The molecule has 2 heterocycles. The first kappa shape index (κ1) is 14.3. The van der Waals surface area contributed by atoms with Crippen LogP contribution in [0.15, 0.2) is 17.3 Å². The van der Waals surface area contributed by atoms with E-state index < -0.39 is 0 Å². The van der Waals surface area contributed by atoms with Gasteiger partial charge in [-0.1, -0.05) is 25.7 Å². The van der Waals surface area contributed by atoms with Crippen molar-refractivity contribution in [2.24, 2.45) is 7.05 Å². The van der Waals surface area contributed by atoms with Crippen LogP contribution in [-0.4, -0.2) is 31.9 Å². The maximum Gasteiger partial charge on any atom is 0.264 e. The maximum atomic E-state index is 12.3. The summed E-state index contributed by atoms with van der Waals surface area (Å²) in [4.78, 5) is 16.6. The molecular formula is C15H23N5O. The summed E-state index contributed by atoms with van der Waals surface area (Å²) in [5, 5.41) is 8.26. The molecule has 21 heavy (non-hydrogen) atoms. The largest absolute Gasteiger partial charge is 0.312 e. The fraction of sp³-hybridized carbons (Fsp3) is 0.667. The summed E-state index contributed by atoms with van der Waals surface area (Å²) < 4.78 is 3.30. The number of nitrogens with one attached hydrogen (secondary N) is 1. The van der Waals surface area contributed by atoms with E-state index in [4.69, 9.17) is 0 Å². The van der Waals surface area contributed by atoms with Crippen LogP contribution in [0.3, 0.4) is 0 Å². The van der Waals surface area contributed by atoms with Crippen molar-refractivity contribution < 1.29 is 0 Å². The predicted molar refractivity (Wildman–Crippen MR) is 82.3 cm³/mol. The summed E-state index contributed by atoms with van der Waals surface area (Å²) in [5.74, 6) is 0. The normalized spacial score (nSPS) is 17.2. The van der Waals surface area contributed by atoms with E-state index in [0.717, 1.165) is 6.54 Å². The first-order valence-corrected chi connectivity index (χ1v) is 7.86. The summed E-state index contributed by atoms with van der Waals surface area (Å²) in [6.45, 7) is 1.48. The van der Waals surface area contributed by atoms with Gasteiger partial charge in [-0.15, -0.1) is 0 Å². The molecule has 1 saturated carbocycles. The smallest absolute Gasteiger partial charge is 0.264 e. The number of rotatable bonds is 4. The van der Waals surface area contributed by atoms with Crippen LogP contribution in [0.2, 0.25) is 0 Å². The number of hydrogen-bond donors (Lipinski definition) is 1. The molecule has 0 saturated heterocycles. The van der Waals surface area contributed by atoms with Gasteiger partial charge in [0.25, 0.3) is 5.56 Å². The van der Waals surface area contributed by atoms with Gasteiger partial charge in [-0.05, 0) is 12.8 Å². The third kappa shape index (κ3) is 3.15. The van der Waals surface area contributed by atoms with E-state index in [2.05, 4.69) is 15.4 Å². The van der Waals surface area contributed by atoms with Gasteiger partial charge in [0.05, 0.1) is 6.20 Å². The standard InChI is InChI=1S/C15H23N5O/c1-19-14-13(10-18-19)15(21)20(11-17-14)9-8-16-12-6-4-2-3-5-7-12/h10-12,16H,2-9H2,1H3. The lowest BCUT2D eigenvalue weighted by atomic mass is 10.1. The lowest BCUT2D eigenvalue weighted by Crippen LogP contribution is -2.33. The van der Waals surface area contributed by atoms with Crippen LogP contribution in [0.4, 0.5) is 0 Å². The SMILES string of the molecule is Cn1ncc2c(=O)n(CCNC3CCCCCC3)cnc21. The molecule has 1 N–H and O–H groups in total. The molecule has 2 aromatic rings. The van der Waals surface area contributed by atoms with E-state index in [1.807, 2.05) is 0 Å². The van der Waals surface area contributed by atoms with Crippen LogP contribution in [0.5, 0.6) is 0 Å². The molecule has 6 heteroatoms. The minimum Gasteiger partial charge on any atom is -0.312 e. The maximum absolute atomic E-state index is 12.3. The third-order valence-electron chi connectivity index (χ3n) is 4.36. The van der Waals surface area contributed by atoms with Gasteiger partial charge in [0.1, 0.15) is 11.7 Å². The Hall–Kier alpha value is -1.69. The van der Waals surface area contributed by atoms with Gasteiger partial charge in [-0.25, -0.2) is 4.98 Å². The molecule has 0 aliphatic heterocycles. The quantitative estimate of drug-likeness (QED) is 0.865. The van der Waals surface area contributed by atoms with Crippen LogP contribution in [0.1, 0.15) is 38.5 Å². The molecule has 0 aromatic carbocycles. The predicted octanol–water partition coefficient (Wildman–Crippen LogP) is 1.44. The van der Waals surface area contributed by atoms with Gasteiger partial charge >= 0.3 is 0 Å². The summed E-state index contributed by atoms with van der Waals surface area (Å²) in [6, 6.07) is 0.610. The second kappa shape index (κ2) is 6.39. The van der Waals surface area contributed by atoms with Crippen molar-refractivity contribution in [3.8, 4) is 0 Å². The summed E-state index contributed by atoms with van der Waals surface area (Å²) in [7, 11) is 1.80. The molecule has 114 valence electrons. The molecule has 1 fully saturated rings. The van der Waals surface area contributed by atoms with Crippen molar-refractivity contribution in [3.63, 3.8) is 0 Å². The highest BCUT2D eigenvalue weighted by molar-refractivity contribution is 5.72. The third-order valence-corrected chi connectivity index (χ3v) is 4.36. The van der Waals surface area contributed by atoms with E-state index in [1.165, 1.54) is 38.5 Å². The van der Waals surface area contributed by atoms with Crippen LogP contribution >= 0.6 is 0 Å². The molecule has 0 bridgehead atoms. The zero-order valence-electron chi connectivity index (χ0n) is 12.6. The second-order valence-corrected chi connectivity index (χ2v) is 5.89. The van der Waals surface area contributed by atoms with Crippen molar-refractivity contribution in [2.45, 2.75) is 51.1 Å². The number of aromatic nitrogens is 4. The van der Waals surface area contributed by atoms with E-state index in [-0.39, 0.29) is 5.56 Å². The Morgan fingerprint density at radius 1 is 1.29 bits per heavy atom. The van der Waals surface area contributed by atoms with Gasteiger partial charge in [-0.3, -0.25) is 14.0 Å². The number of nitrogens with zero attached hydrogens (tertiary/aromatic N) is 4. The first-order valence-electron chi connectivity index (χ1n) is 7.86. The minimum atomic E-state index is -0.00392. The topological polar surface area (TPSA) is 64.7 Å². The summed E-state index contributed by atoms with van der Waals surface area (Å²) in [5.41, 5.74) is 0.642. The van der Waals surface area contributed by atoms with Gasteiger partial charge in [0, 0.05) is 26.2 Å². The molecule has 0 amide bonds. The Morgan fingerprint density at radius 2 is 2.05 bits per heavy atom. The zero-order valence-corrected chi connectivity index (χ0v) is 12.6. The van der Waals surface area contributed by atoms with E-state index >= 15 is 0 Å². The summed E-state index contributed by atoms with van der Waals surface area (Å²) in [6.07, 6.45) is 11.1. The Balaban J connectivity index is 1.62. The first-order chi connectivity index (χ1) is 10.3.